The minimum Gasteiger partial charge on any atom is -0.481 e. The molecule has 0 heterocycles. The standard InChI is InChI=1S/C20H32O5/c1-17-6-4-11-19(3)12(18(2,16(24)25)7-5-13(19)21)8-14(22)20(11,10-17)9-15(17)23/h11-15,21-23H,4-10H2,1-3H3,(H,24,25)/t11?,12?,13-,14-,15+,17-,18+,19-,20+/m0/s1. The van der Waals surface area contributed by atoms with Crippen molar-refractivity contribution in [3.05, 3.63) is 0 Å². The smallest absolute Gasteiger partial charge is 0.309 e. The van der Waals surface area contributed by atoms with Crippen molar-refractivity contribution in [1.29, 1.82) is 0 Å². The normalized spacial score (nSPS) is 60.6. The van der Waals surface area contributed by atoms with Crippen LogP contribution in [0, 0.1) is 33.5 Å². The van der Waals surface area contributed by atoms with Crippen molar-refractivity contribution in [2.75, 3.05) is 0 Å². The van der Waals surface area contributed by atoms with E-state index >= 15 is 0 Å². The number of aliphatic carboxylic acids is 1. The largest absolute Gasteiger partial charge is 0.481 e. The van der Waals surface area contributed by atoms with E-state index in [1.807, 2.05) is 0 Å². The predicted octanol–water partition coefficient (Wildman–Crippen LogP) is 2.18. The van der Waals surface area contributed by atoms with Crippen LogP contribution in [0.15, 0.2) is 0 Å². The molecule has 5 heteroatoms. The van der Waals surface area contributed by atoms with E-state index in [4.69, 9.17) is 0 Å². The van der Waals surface area contributed by atoms with Crippen molar-refractivity contribution in [1.82, 2.24) is 0 Å². The summed E-state index contributed by atoms with van der Waals surface area (Å²) in [5.41, 5.74) is -1.96. The lowest BCUT2D eigenvalue weighted by atomic mass is 9.39. The lowest BCUT2D eigenvalue weighted by Gasteiger charge is -2.66. The molecule has 9 atom stereocenters. The van der Waals surface area contributed by atoms with Gasteiger partial charge in [0.1, 0.15) is 0 Å². The van der Waals surface area contributed by atoms with Gasteiger partial charge in [-0.15, -0.1) is 0 Å². The van der Waals surface area contributed by atoms with Crippen LogP contribution >= 0.6 is 0 Å². The molecular formula is C20H32O5. The van der Waals surface area contributed by atoms with E-state index in [1.165, 1.54) is 0 Å². The first kappa shape index (κ1) is 17.7. The average Bonchev–Trinajstić information content (AvgIpc) is 2.73. The number of aliphatic hydroxyl groups excluding tert-OH is 3. The SMILES string of the molecule is C[C@@]12CCC3[C@@](C[C@H]1O)(C2)[C@@H](O)CC1[C@@]3(C)[C@@H](O)CC[C@@]1(C)C(=O)O. The molecule has 142 valence electrons. The molecule has 0 aromatic carbocycles. The molecule has 4 saturated carbocycles. The molecule has 4 N–H and O–H groups in total. The Hall–Kier alpha value is -0.650. The number of hydrogen-bond donors (Lipinski definition) is 4. The van der Waals surface area contributed by atoms with Gasteiger partial charge in [-0.05, 0) is 69.1 Å². The van der Waals surface area contributed by atoms with Crippen LogP contribution in [0.5, 0.6) is 0 Å². The number of carbonyl (C=O) groups is 1. The predicted molar refractivity (Wildman–Crippen MR) is 91.7 cm³/mol. The zero-order chi connectivity index (χ0) is 18.4. The summed E-state index contributed by atoms with van der Waals surface area (Å²) in [5.74, 6) is -0.993. The van der Waals surface area contributed by atoms with Gasteiger partial charge in [0.2, 0.25) is 0 Å². The Balaban J connectivity index is 1.83. The molecule has 0 amide bonds. The van der Waals surface area contributed by atoms with Crippen LogP contribution in [0.1, 0.15) is 65.7 Å². The van der Waals surface area contributed by atoms with Crippen molar-refractivity contribution < 1.29 is 25.2 Å². The molecule has 0 saturated heterocycles. The van der Waals surface area contributed by atoms with Crippen molar-refractivity contribution in [3.8, 4) is 0 Å². The summed E-state index contributed by atoms with van der Waals surface area (Å²) in [5, 5.41) is 42.8. The van der Waals surface area contributed by atoms with Crippen molar-refractivity contribution >= 4 is 5.97 Å². The molecule has 4 aliphatic rings. The molecule has 4 fully saturated rings. The molecule has 0 radical (unpaired) electrons. The van der Waals surface area contributed by atoms with Crippen LogP contribution in [0.25, 0.3) is 0 Å². The summed E-state index contributed by atoms with van der Waals surface area (Å²) < 4.78 is 0. The maximum absolute atomic E-state index is 12.1. The van der Waals surface area contributed by atoms with E-state index in [0.29, 0.717) is 25.7 Å². The molecule has 5 nitrogen and oxygen atoms in total. The fourth-order valence-electron chi connectivity index (χ4n) is 7.79. The van der Waals surface area contributed by atoms with E-state index < -0.39 is 35.1 Å². The highest BCUT2D eigenvalue weighted by molar-refractivity contribution is 5.75. The highest BCUT2D eigenvalue weighted by Gasteiger charge is 2.72. The van der Waals surface area contributed by atoms with Gasteiger partial charge in [-0.25, -0.2) is 0 Å². The highest BCUT2D eigenvalue weighted by atomic mass is 16.4. The number of rotatable bonds is 1. The highest BCUT2D eigenvalue weighted by Crippen LogP contribution is 2.73. The van der Waals surface area contributed by atoms with E-state index in [9.17, 15) is 25.2 Å². The van der Waals surface area contributed by atoms with Crippen molar-refractivity contribution in [2.45, 2.75) is 84.0 Å². The third-order valence-corrected chi connectivity index (χ3v) is 9.35. The first-order valence-electron chi connectivity index (χ1n) is 9.78. The lowest BCUT2D eigenvalue weighted by molar-refractivity contribution is -0.241. The topological polar surface area (TPSA) is 98.0 Å². The Morgan fingerprint density at radius 3 is 2.24 bits per heavy atom. The van der Waals surface area contributed by atoms with Crippen LogP contribution in [-0.2, 0) is 4.79 Å². The lowest BCUT2D eigenvalue weighted by Crippen LogP contribution is -2.67. The fraction of sp³-hybridized carbons (Fsp3) is 0.950. The van der Waals surface area contributed by atoms with Gasteiger partial charge in [0.25, 0.3) is 0 Å². The second-order valence-corrected chi connectivity index (χ2v) is 10.3. The maximum Gasteiger partial charge on any atom is 0.309 e. The van der Waals surface area contributed by atoms with Gasteiger partial charge < -0.3 is 20.4 Å². The second-order valence-electron chi connectivity index (χ2n) is 10.3. The van der Waals surface area contributed by atoms with Gasteiger partial charge in [-0.2, -0.15) is 0 Å². The van der Waals surface area contributed by atoms with Gasteiger partial charge in [0.05, 0.1) is 23.7 Å². The first-order valence-corrected chi connectivity index (χ1v) is 9.78. The molecule has 1 spiro atoms. The summed E-state index contributed by atoms with van der Waals surface area (Å²) >= 11 is 0. The minimum absolute atomic E-state index is 0.0629. The van der Waals surface area contributed by atoms with Gasteiger partial charge in [-0.3, -0.25) is 4.79 Å². The summed E-state index contributed by atoms with van der Waals surface area (Å²) in [4.78, 5) is 12.1. The molecule has 0 aromatic rings. The Morgan fingerprint density at radius 1 is 0.920 bits per heavy atom. The molecular weight excluding hydrogens is 320 g/mol. The average molecular weight is 352 g/mol. The molecule has 0 aliphatic heterocycles. The molecule has 2 bridgehead atoms. The maximum atomic E-state index is 12.1. The molecule has 4 aliphatic carbocycles. The van der Waals surface area contributed by atoms with Crippen LogP contribution in [0.2, 0.25) is 0 Å². The fourth-order valence-corrected chi connectivity index (χ4v) is 7.79. The van der Waals surface area contributed by atoms with Gasteiger partial charge in [-0.1, -0.05) is 13.8 Å². The minimum atomic E-state index is -0.908. The van der Waals surface area contributed by atoms with E-state index in [1.54, 1.807) is 6.92 Å². The van der Waals surface area contributed by atoms with Crippen LogP contribution < -0.4 is 0 Å². The monoisotopic (exact) mass is 352 g/mol. The Kier molecular flexibility index (Phi) is 3.54. The van der Waals surface area contributed by atoms with E-state index in [2.05, 4.69) is 13.8 Å². The van der Waals surface area contributed by atoms with E-state index in [-0.39, 0.29) is 22.7 Å². The van der Waals surface area contributed by atoms with Gasteiger partial charge in [0, 0.05) is 10.8 Å². The molecule has 2 unspecified atom stereocenters. The van der Waals surface area contributed by atoms with Crippen LogP contribution in [0.4, 0.5) is 0 Å². The van der Waals surface area contributed by atoms with Gasteiger partial charge in [0.15, 0.2) is 0 Å². The summed E-state index contributed by atoms with van der Waals surface area (Å²) in [7, 11) is 0. The third-order valence-electron chi connectivity index (χ3n) is 9.35. The molecule has 4 rings (SSSR count). The van der Waals surface area contributed by atoms with Gasteiger partial charge >= 0.3 is 5.97 Å². The zero-order valence-electron chi connectivity index (χ0n) is 15.5. The summed E-state index contributed by atoms with van der Waals surface area (Å²) in [6.07, 6.45) is 2.90. The summed E-state index contributed by atoms with van der Waals surface area (Å²) in [6.45, 7) is 5.97. The number of hydrogen-bond acceptors (Lipinski definition) is 4. The number of carboxylic acid groups (broad SMARTS) is 1. The first-order chi connectivity index (χ1) is 11.5. The Labute approximate surface area is 149 Å². The summed E-state index contributed by atoms with van der Waals surface area (Å²) in [6, 6.07) is 0. The van der Waals surface area contributed by atoms with Crippen LogP contribution in [-0.4, -0.2) is 44.7 Å². The number of aliphatic hydroxyl groups is 3. The second kappa shape index (κ2) is 4.99. The third kappa shape index (κ3) is 1.93. The zero-order valence-corrected chi connectivity index (χ0v) is 15.5. The van der Waals surface area contributed by atoms with Crippen molar-refractivity contribution in [2.24, 2.45) is 33.5 Å². The number of fused-ring (bicyclic) bond motifs is 3. The quantitative estimate of drug-likeness (QED) is 0.580. The molecule has 25 heavy (non-hydrogen) atoms. The van der Waals surface area contributed by atoms with Crippen LogP contribution in [0.3, 0.4) is 0 Å². The Bertz CT molecular complexity index is 607. The molecule has 0 aromatic heterocycles. The van der Waals surface area contributed by atoms with Crippen molar-refractivity contribution in [3.63, 3.8) is 0 Å². The number of carboxylic acids is 1. The van der Waals surface area contributed by atoms with E-state index in [0.717, 1.165) is 19.3 Å². The Morgan fingerprint density at radius 2 is 1.60 bits per heavy atom.